The van der Waals surface area contributed by atoms with E-state index >= 15 is 0 Å². The van der Waals surface area contributed by atoms with Crippen molar-refractivity contribution < 1.29 is 22.3 Å². The number of piperidine rings is 1. The predicted octanol–water partition coefficient (Wildman–Crippen LogP) is 8.08. The normalized spacial score (nSPS) is 18.4. The molecule has 39 heavy (non-hydrogen) atoms. The van der Waals surface area contributed by atoms with Crippen molar-refractivity contribution in [2.75, 3.05) is 13.1 Å². The lowest BCUT2D eigenvalue weighted by Gasteiger charge is -2.42. The third-order valence-electron chi connectivity index (χ3n) is 7.42. The van der Waals surface area contributed by atoms with Gasteiger partial charge in [-0.25, -0.2) is 4.39 Å². The fraction of sp³-hybridized carbons (Fsp3) is 0.273. The van der Waals surface area contributed by atoms with Gasteiger partial charge in [0.1, 0.15) is 5.82 Å². The van der Waals surface area contributed by atoms with Crippen LogP contribution < -0.4 is 0 Å². The van der Waals surface area contributed by atoms with Crippen LogP contribution in [-0.4, -0.2) is 24.1 Å². The summed E-state index contributed by atoms with van der Waals surface area (Å²) in [5.41, 5.74) is 2.74. The second kappa shape index (κ2) is 12.1. The Balaban J connectivity index is 1.45. The average Bonchev–Trinajstić information content (AvgIpc) is 2.94. The van der Waals surface area contributed by atoms with Crippen molar-refractivity contribution in [1.29, 1.82) is 0 Å². The molecule has 0 amide bonds. The molecule has 6 heteroatoms. The number of halogens is 4. The number of benzene rings is 4. The van der Waals surface area contributed by atoms with Crippen molar-refractivity contribution in [3.63, 3.8) is 0 Å². The Morgan fingerprint density at radius 1 is 0.769 bits per heavy atom. The Labute approximate surface area is 226 Å². The van der Waals surface area contributed by atoms with Crippen molar-refractivity contribution in [1.82, 2.24) is 4.90 Å². The zero-order chi connectivity index (χ0) is 27.2. The van der Waals surface area contributed by atoms with E-state index < -0.39 is 17.6 Å². The summed E-state index contributed by atoms with van der Waals surface area (Å²) < 4.78 is 60.3. The topological polar surface area (TPSA) is 12.5 Å². The van der Waals surface area contributed by atoms with E-state index in [1.807, 2.05) is 54.6 Å². The molecule has 0 radical (unpaired) electrons. The van der Waals surface area contributed by atoms with Crippen LogP contribution in [0.15, 0.2) is 109 Å². The van der Waals surface area contributed by atoms with Crippen molar-refractivity contribution >= 4 is 0 Å². The Bertz CT molecular complexity index is 1290. The van der Waals surface area contributed by atoms with Crippen LogP contribution in [0.3, 0.4) is 0 Å². The quantitative estimate of drug-likeness (QED) is 0.212. The molecule has 1 fully saturated rings. The van der Waals surface area contributed by atoms with Crippen LogP contribution in [0.1, 0.15) is 40.2 Å². The van der Waals surface area contributed by atoms with Crippen molar-refractivity contribution in [2.45, 2.75) is 37.8 Å². The second-order valence-corrected chi connectivity index (χ2v) is 10.2. The molecule has 5 rings (SSSR count). The zero-order valence-electron chi connectivity index (χ0n) is 21.5. The van der Waals surface area contributed by atoms with E-state index in [4.69, 9.17) is 4.74 Å². The molecular weight excluding hydrogens is 502 g/mol. The summed E-state index contributed by atoms with van der Waals surface area (Å²) >= 11 is 0. The van der Waals surface area contributed by atoms with Crippen LogP contribution in [0.25, 0.3) is 0 Å². The predicted molar refractivity (Wildman–Crippen MR) is 145 cm³/mol. The van der Waals surface area contributed by atoms with Gasteiger partial charge in [-0.15, -0.1) is 0 Å². The maximum Gasteiger partial charge on any atom is 0.416 e. The first-order valence-electron chi connectivity index (χ1n) is 13.2. The molecule has 2 unspecified atom stereocenters. The molecule has 1 aliphatic rings. The second-order valence-electron chi connectivity index (χ2n) is 10.2. The van der Waals surface area contributed by atoms with Crippen LogP contribution in [0.4, 0.5) is 17.6 Å². The number of rotatable bonds is 8. The van der Waals surface area contributed by atoms with Crippen LogP contribution in [0.2, 0.25) is 0 Å². The largest absolute Gasteiger partial charge is 0.416 e. The molecule has 202 valence electrons. The number of likely N-dealkylation sites (tertiary alicyclic amines) is 1. The zero-order valence-corrected chi connectivity index (χ0v) is 21.5. The van der Waals surface area contributed by atoms with Gasteiger partial charge >= 0.3 is 6.18 Å². The highest BCUT2D eigenvalue weighted by Gasteiger charge is 2.37. The highest BCUT2D eigenvalue weighted by atomic mass is 19.4. The minimum Gasteiger partial charge on any atom is -0.373 e. The van der Waals surface area contributed by atoms with Crippen molar-refractivity contribution in [2.24, 2.45) is 5.92 Å². The van der Waals surface area contributed by atoms with Gasteiger partial charge in [0.2, 0.25) is 0 Å². The van der Waals surface area contributed by atoms with Crippen LogP contribution >= 0.6 is 0 Å². The SMILES string of the molecule is Fc1cc(COC2CCN(Cc3ccccc3)CC2C(c2ccccc2)c2ccccc2)cc(C(F)(F)F)c1. The van der Waals surface area contributed by atoms with Crippen LogP contribution in [-0.2, 0) is 24.1 Å². The molecule has 0 bridgehead atoms. The lowest BCUT2D eigenvalue weighted by molar-refractivity contribution is -0.137. The van der Waals surface area contributed by atoms with Gasteiger partial charge in [-0.2, -0.15) is 13.2 Å². The monoisotopic (exact) mass is 533 g/mol. The third kappa shape index (κ3) is 6.94. The highest BCUT2D eigenvalue weighted by molar-refractivity contribution is 5.34. The van der Waals surface area contributed by atoms with Gasteiger partial charge in [0, 0.05) is 31.5 Å². The lowest BCUT2D eigenvalue weighted by Crippen LogP contribution is -2.46. The van der Waals surface area contributed by atoms with E-state index in [-0.39, 0.29) is 30.1 Å². The fourth-order valence-corrected chi connectivity index (χ4v) is 5.65. The molecule has 0 aliphatic carbocycles. The number of hydrogen-bond donors (Lipinski definition) is 0. The Hall–Kier alpha value is -3.48. The third-order valence-corrected chi connectivity index (χ3v) is 7.42. The maximum atomic E-state index is 14.1. The Kier molecular flexibility index (Phi) is 8.44. The number of ether oxygens (including phenoxy) is 1. The van der Waals surface area contributed by atoms with Gasteiger partial charge in [-0.1, -0.05) is 91.0 Å². The number of nitrogens with zero attached hydrogens (tertiary/aromatic N) is 1. The summed E-state index contributed by atoms with van der Waals surface area (Å²) in [5, 5.41) is 0. The summed E-state index contributed by atoms with van der Waals surface area (Å²) in [6, 6.07) is 33.5. The smallest absolute Gasteiger partial charge is 0.373 e. The molecule has 2 nitrogen and oxygen atoms in total. The van der Waals surface area contributed by atoms with Crippen LogP contribution in [0.5, 0.6) is 0 Å². The molecule has 4 aromatic rings. The molecule has 0 spiro atoms. The molecule has 1 aliphatic heterocycles. The fourth-order valence-electron chi connectivity index (χ4n) is 5.65. The lowest BCUT2D eigenvalue weighted by atomic mass is 9.75. The van der Waals surface area contributed by atoms with E-state index in [2.05, 4.69) is 41.3 Å². The van der Waals surface area contributed by atoms with Gasteiger partial charge in [0.05, 0.1) is 18.3 Å². The molecule has 4 aromatic carbocycles. The molecule has 2 atom stereocenters. The summed E-state index contributed by atoms with van der Waals surface area (Å²) in [7, 11) is 0. The first-order chi connectivity index (χ1) is 18.9. The molecular formula is C33H31F4NO. The number of hydrogen-bond acceptors (Lipinski definition) is 2. The summed E-state index contributed by atoms with van der Waals surface area (Å²) in [4.78, 5) is 2.42. The molecule has 1 saturated heterocycles. The highest BCUT2D eigenvalue weighted by Crippen LogP contribution is 2.39. The summed E-state index contributed by atoms with van der Waals surface area (Å²) in [5.74, 6) is -0.860. The standard InChI is InChI=1S/C33H31F4NO/c34-29-19-25(18-28(20-29)33(35,36)37)23-39-31-16-17-38(21-24-10-4-1-5-11-24)22-30(31)32(26-12-6-2-7-13-26)27-14-8-3-9-15-27/h1-15,18-20,30-32H,16-17,21-23H2. The first-order valence-corrected chi connectivity index (χ1v) is 13.2. The average molecular weight is 534 g/mol. The van der Waals surface area contributed by atoms with Gasteiger partial charge in [-0.3, -0.25) is 4.90 Å². The minimum absolute atomic E-state index is 0.0224. The Morgan fingerprint density at radius 3 is 1.95 bits per heavy atom. The molecule has 0 N–H and O–H groups in total. The van der Waals surface area contributed by atoms with Crippen molar-refractivity contribution in [3.05, 3.63) is 143 Å². The molecule has 0 aromatic heterocycles. The summed E-state index contributed by atoms with van der Waals surface area (Å²) in [6.07, 6.45) is -4.12. The maximum absolute atomic E-state index is 14.1. The Morgan fingerprint density at radius 2 is 1.36 bits per heavy atom. The van der Waals surface area contributed by atoms with Gasteiger partial charge in [0.15, 0.2) is 0 Å². The van der Waals surface area contributed by atoms with Gasteiger partial charge in [-0.05, 0) is 46.9 Å². The molecule has 0 saturated carbocycles. The van der Waals surface area contributed by atoms with Gasteiger partial charge < -0.3 is 4.74 Å². The number of alkyl halides is 3. The minimum atomic E-state index is -4.62. The van der Waals surface area contributed by atoms with Crippen LogP contribution in [0, 0.1) is 11.7 Å². The van der Waals surface area contributed by atoms with E-state index in [9.17, 15) is 17.6 Å². The van der Waals surface area contributed by atoms with E-state index in [1.54, 1.807) is 0 Å². The summed E-state index contributed by atoms with van der Waals surface area (Å²) in [6.45, 7) is 2.27. The molecule has 1 heterocycles. The van der Waals surface area contributed by atoms with Crippen molar-refractivity contribution in [3.8, 4) is 0 Å². The van der Waals surface area contributed by atoms with E-state index in [1.165, 1.54) is 5.56 Å². The van der Waals surface area contributed by atoms with E-state index in [0.717, 1.165) is 49.3 Å². The first kappa shape index (κ1) is 27.1. The van der Waals surface area contributed by atoms with Gasteiger partial charge in [0.25, 0.3) is 0 Å². The van der Waals surface area contributed by atoms with E-state index in [0.29, 0.717) is 6.07 Å².